The van der Waals surface area contributed by atoms with Gasteiger partial charge < -0.3 is 14.6 Å². The van der Waals surface area contributed by atoms with Crippen molar-refractivity contribution < 1.29 is 19.4 Å². The van der Waals surface area contributed by atoms with Crippen molar-refractivity contribution in [3.05, 3.63) is 72.3 Å². The van der Waals surface area contributed by atoms with Gasteiger partial charge in [0.2, 0.25) is 0 Å². The van der Waals surface area contributed by atoms with E-state index in [1.165, 1.54) is 32.1 Å². The summed E-state index contributed by atoms with van der Waals surface area (Å²) in [6.07, 6.45) is 7.88. The number of hydrogen-bond acceptors (Lipinski definition) is 4. The summed E-state index contributed by atoms with van der Waals surface area (Å²) in [5.74, 6) is 1.31. The molecule has 1 fully saturated rings. The van der Waals surface area contributed by atoms with Gasteiger partial charge in [-0.15, -0.1) is 0 Å². The molecule has 3 aromatic carbocycles. The molecule has 0 amide bonds. The van der Waals surface area contributed by atoms with E-state index in [0.29, 0.717) is 5.75 Å². The molecule has 1 saturated carbocycles. The van der Waals surface area contributed by atoms with E-state index in [9.17, 15) is 4.79 Å². The highest BCUT2D eigenvalue weighted by Gasteiger charge is 2.14. The molecule has 0 bridgehead atoms. The number of aryl methyl sites for hydroxylation is 1. The Morgan fingerprint density at radius 2 is 1.71 bits per heavy atom. The average molecular weight is 477 g/mol. The van der Waals surface area contributed by atoms with Crippen LogP contribution in [0.15, 0.2) is 76.5 Å². The molecule has 0 aromatic heterocycles. The van der Waals surface area contributed by atoms with E-state index in [1.807, 2.05) is 31.2 Å². The van der Waals surface area contributed by atoms with Crippen LogP contribution in [0, 0.1) is 12.8 Å². The highest BCUT2D eigenvalue weighted by Crippen LogP contribution is 2.36. The van der Waals surface area contributed by atoms with Crippen LogP contribution in [0.5, 0.6) is 11.5 Å². The second kappa shape index (κ2) is 12.0. The Bertz CT molecular complexity index is 1090. The molecule has 0 heterocycles. The fourth-order valence-electron chi connectivity index (χ4n) is 4.45. The zero-order valence-corrected chi connectivity index (χ0v) is 20.5. The van der Waals surface area contributed by atoms with Crippen LogP contribution >= 0.6 is 11.8 Å². The number of carboxylic acid groups (broad SMARTS) is 1. The topological polar surface area (TPSA) is 55.8 Å². The van der Waals surface area contributed by atoms with Crippen molar-refractivity contribution in [3.8, 4) is 22.6 Å². The minimum absolute atomic E-state index is 0.339. The molecule has 4 nitrogen and oxygen atoms in total. The molecule has 0 aliphatic heterocycles. The van der Waals surface area contributed by atoms with Crippen LogP contribution in [0.1, 0.15) is 44.1 Å². The highest BCUT2D eigenvalue weighted by atomic mass is 32.2. The van der Waals surface area contributed by atoms with Crippen LogP contribution in [-0.4, -0.2) is 24.3 Å². The number of aliphatic carboxylic acids is 1. The quantitative estimate of drug-likeness (QED) is 0.326. The lowest BCUT2D eigenvalue weighted by Crippen LogP contribution is -2.10. The van der Waals surface area contributed by atoms with Crippen molar-refractivity contribution in [2.45, 2.75) is 55.2 Å². The molecule has 1 aliphatic rings. The lowest BCUT2D eigenvalue weighted by Gasteiger charge is -2.21. The molecular formula is C29H32O4S. The fourth-order valence-corrected chi connectivity index (χ4v) is 5.46. The molecule has 1 N–H and O–H groups in total. The minimum Gasteiger partial charge on any atom is -0.494 e. The Morgan fingerprint density at radius 3 is 2.44 bits per heavy atom. The van der Waals surface area contributed by atoms with Gasteiger partial charge in [0.15, 0.2) is 6.61 Å². The number of benzene rings is 3. The Morgan fingerprint density at radius 1 is 0.912 bits per heavy atom. The van der Waals surface area contributed by atoms with Gasteiger partial charge >= 0.3 is 5.97 Å². The van der Waals surface area contributed by atoms with Gasteiger partial charge in [-0.1, -0.05) is 74.2 Å². The molecular weight excluding hydrogens is 444 g/mol. The Kier molecular flexibility index (Phi) is 8.53. The van der Waals surface area contributed by atoms with Gasteiger partial charge in [-0.05, 0) is 72.4 Å². The SMILES string of the molecule is Cc1cc(Sc2cc(OCCC3CCCCC3)cc(-c3ccccc3)c2)ccc1OCC(=O)O. The van der Waals surface area contributed by atoms with E-state index < -0.39 is 5.97 Å². The first-order valence-corrected chi connectivity index (χ1v) is 12.8. The number of rotatable bonds is 10. The minimum atomic E-state index is -0.980. The number of ether oxygens (including phenoxy) is 2. The molecule has 5 heteroatoms. The smallest absolute Gasteiger partial charge is 0.341 e. The van der Waals surface area contributed by atoms with E-state index in [-0.39, 0.29) is 6.61 Å². The molecule has 3 aromatic rings. The summed E-state index contributed by atoms with van der Waals surface area (Å²) < 4.78 is 11.6. The van der Waals surface area contributed by atoms with Crippen molar-refractivity contribution in [2.75, 3.05) is 13.2 Å². The van der Waals surface area contributed by atoms with E-state index in [4.69, 9.17) is 14.6 Å². The predicted molar refractivity (Wildman–Crippen MR) is 137 cm³/mol. The van der Waals surface area contributed by atoms with Crippen LogP contribution in [0.3, 0.4) is 0 Å². The average Bonchev–Trinajstić information content (AvgIpc) is 2.84. The van der Waals surface area contributed by atoms with Crippen molar-refractivity contribution in [3.63, 3.8) is 0 Å². The fraction of sp³-hybridized carbons (Fsp3) is 0.345. The van der Waals surface area contributed by atoms with Crippen LogP contribution < -0.4 is 9.47 Å². The third-order valence-corrected chi connectivity index (χ3v) is 7.20. The summed E-state index contributed by atoms with van der Waals surface area (Å²) in [4.78, 5) is 13.0. The highest BCUT2D eigenvalue weighted by molar-refractivity contribution is 7.99. The van der Waals surface area contributed by atoms with E-state index in [2.05, 4.69) is 42.5 Å². The first-order chi connectivity index (χ1) is 16.6. The van der Waals surface area contributed by atoms with Crippen LogP contribution in [0.2, 0.25) is 0 Å². The molecule has 0 radical (unpaired) electrons. The zero-order chi connectivity index (χ0) is 23.8. The Hall–Kier alpha value is -2.92. The van der Waals surface area contributed by atoms with E-state index in [1.54, 1.807) is 11.8 Å². The maximum atomic E-state index is 10.8. The zero-order valence-electron chi connectivity index (χ0n) is 19.7. The normalized spacial score (nSPS) is 14.0. The second-order valence-electron chi connectivity index (χ2n) is 8.91. The van der Waals surface area contributed by atoms with Gasteiger partial charge in [-0.3, -0.25) is 0 Å². The maximum absolute atomic E-state index is 10.8. The van der Waals surface area contributed by atoms with E-state index >= 15 is 0 Å². The third-order valence-electron chi connectivity index (χ3n) is 6.24. The van der Waals surface area contributed by atoms with Crippen molar-refractivity contribution in [2.24, 2.45) is 5.92 Å². The predicted octanol–water partition coefficient (Wildman–Crippen LogP) is 7.63. The molecule has 34 heavy (non-hydrogen) atoms. The summed E-state index contributed by atoms with van der Waals surface area (Å²) in [7, 11) is 0. The summed E-state index contributed by atoms with van der Waals surface area (Å²) >= 11 is 1.67. The van der Waals surface area contributed by atoms with Gasteiger partial charge in [0, 0.05) is 9.79 Å². The molecule has 1 aliphatic carbocycles. The Labute approximate surface area is 206 Å². The van der Waals surface area contributed by atoms with Gasteiger partial charge in [0.25, 0.3) is 0 Å². The van der Waals surface area contributed by atoms with Gasteiger partial charge in [0.05, 0.1) is 6.61 Å². The Balaban J connectivity index is 1.50. The van der Waals surface area contributed by atoms with Crippen molar-refractivity contribution in [1.82, 2.24) is 0 Å². The first-order valence-electron chi connectivity index (χ1n) is 12.0. The first kappa shape index (κ1) is 24.2. The molecule has 0 unspecified atom stereocenters. The van der Waals surface area contributed by atoms with Crippen molar-refractivity contribution >= 4 is 17.7 Å². The number of carbonyl (C=O) groups is 1. The largest absolute Gasteiger partial charge is 0.494 e. The van der Waals surface area contributed by atoms with Gasteiger partial charge in [-0.25, -0.2) is 4.79 Å². The van der Waals surface area contributed by atoms with Gasteiger partial charge in [0.1, 0.15) is 11.5 Å². The van der Waals surface area contributed by atoms with Crippen LogP contribution in [0.4, 0.5) is 0 Å². The lowest BCUT2D eigenvalue weighted by molar-refractivity contribution is -0.139. The van der Waals surface area contributed by atoms with Crippen LogP contribution in [-0.2, 0) is 4.79 Å². The summed E-state index contributed by atoms with van der Waals surface area (Å²) in [5.41, 5.74) is 3.21. The monoisotopic (exact) mass is 476 g/mol. The van der Waals surface area contributed by atoms with Gasteiger partial charge in [-0.2, -0.15) is 0 Å². The third kappa shape index (κ3) is 7.04. The second-order valence-corrected chi connectivity index (χ2v) is 10.1. The van der Waals surface area contributed by atoms with E-state index in [0.717, 1.165) is 51.2 Å². The molecule has 0 spiro atoms. The summed E-state index contributed by atoms with van der Waals surface area (Å²) in [6.45, 7) is 2.34. The van der Waals surface area contributed by atoms with Crippen LogP contribution in [0.25, 0.3) is 11.1 Å². The summed E-state index contributed by atoms with van der Waals surface area (Å²) in [6, 6.07) is 22.6. The maximum Gasteiger partial charge on any atom is 0.341 e. The molecule has 178 valence electrons. The molecule has 0 atom stereocenters. The standard InChI is InChI=1S/C29H32O4S/c1-21-16-26(12-13-28(21)33-20-29(30)31)34-27-18-24(23-10-6-3-7-11-23)17-25(19-27)32-15-14-22-8-4-2-5-9-22/h3,6-7,10-13,16-19,22H,2,4-5,8-9,14-15,20H2,1H3,(H,30,31). The number of carboxylic acids is 1. The molecule has 4 rings (SSSR count). The number of hydrogen-bond donors (Lipinski definition) is 1. The van der Waals surface area contributed by atoms with Crippen molar-refractivity contribution in [1.29, 1.82) is 0 Å². The molecule has 0 saturated heterocycles. The summed E-state index contributed by atoms with van der Waals surface area (Å²) in [5, 5.41) is 8.86. The lowest BCUT2D eigenvalue weighted by atomic mass is 9.87.